The molecule has 110 valence electrons. The van der Waals surface area contributed by atoms with Gasteiger partial charge in [-0.3, -0.25) is 4.79 Å². The zero-order valence-electron chi connectivity index (χ0n) is 11.8. The van der Waals surface area contributed by atoms with E-state index in [4.69, 9.17) is 4.74 Å². The number of rotatable bonds is 2. The van der Waals surface area contributed by atoms with E-state index in [0.717, 1.165) is 10.9 Å². The molecule has 6 heteroatoms. The van der Waals surface area contributed by atoms with E-state index in [9.17, 15) is 9.59 Å². The van der Waals surface area contributed by atoms with Crippen molar-refractivity contribution < 1.29 is 14.3 Å². The Balaban J connectivity index is 2.13. The van der Waals surface area contributed by atoms with Crippen molar-refractivity contribution >= 4 is 39.1 Å². The summed E-state index contributed by atoms with van der Waals surface area (Å²) in [5.41, 5.74) is -0.530. The highest BCUT2D eigenvalue weighted by Crippen LogP contribution is 2.28. The third kappa shape index (κ3) is 3.41. The van der Waals surface area contributed by atoms with Crippen LogP contribution in [0.2, 0.25) is 0 Å². The van der Waals surface area contributed by atoms with Crippen molar-refractivity contribution in [1.29, 1.82) is 0 Å². The molecule has 0 saturated carbocycles. The van der Waals surface area contributed by atoms with Crippen molar-refractivity contribution in [3.05, 3.63) is 20.8 Å². The lowest BCUT2D eigenvalue weighted by Crippen LogP contribution is -2.43. The van der Waals surface area contributed by atoms with Crippen LogP contribution in [0.1, 0.15) is 43.3 Å². The van der Waals surface area contributed by atoms with Gasteiger partial charge in [-0.1, -0.05) is 0 Å². The minimum Gasteiger partial charge on any atom is -0.458 e. The number of carbonyl (C=O) groups excluding carboxylic acids is 2. The molecule has 1 amide bonds. The molecular weight excluding hydrogens is 342 g/mol. The molecule has 1 aliphatic heterocycles. The lowest BCUT2D eigenvalue weighted by atomic mass is 10.1. The molecule has 2 heterocycles. The highest BCUT2D eigenvalue weighted by Gasteiger charge is 2.37. The van der Waals surface area contributed by atoms with Gasteiger partial charge >= 0.3 is 5.97 Å². The van der Waals surface area contributed by atoms with E-state index in [1.807, 2.05) is 32.2 Å². The fraction of sp³-hybridized carbons (Fsp3) is 0.571. The molecule has 1 atom stereocenters. The topological polar surface area (TPSA) is 46.6 Å². The van der Waals surface area contributed by atoms with Crippen LogP contribution in [0.15, 0.2) is 15.9 Å². The van der Waals surface area contributed by atoms with Crippen molar-refractivity contribution in [3.63, 3.8) is 0 Å². The van der Waals surface area contributed by atoms with Crippen molar-refractivity contribution in [1.82, 2.24) is 4.90 Å². The van der Waals surface area contributed by atoms with Crippen LogP contribution in [0.5, 0.6) is 0 Å². The standard InChI is InChI=1S/C14H18BrNO3S/c1-14(2,3)19-13(18)10-5-4-7-16(10)12(17)11-9(15)6-8-20-11/h6,8,10H,4-5,7H2,1-3H3/t10-/m1/s1. The highest BCUT2D eigenvalue weighted by atomic mass is 79.9. The number of amides is 1. The fourth-order valence-corrected chi connectivity index (χ4v) is 3.70. The first-order chi connectivity index (χ1) is 9.29. The van der Waals surface area contributed by atoms with Crippen molar-refractivity contribution in [3.8, 4) is 0 Å². The number of hydrogen-bond acceptors (Lipinski definition) is 4. The molecule has 1 aromatic heterocycles. The second kappa shape index (κ2) is 5.85. The van der Waals surface area contributed by atoms with Gasteiger partial charge in [0.05, 0.1) is 0 Å². The molecule has 1 aliphatic rings. The van der Waals surface area contributed by atoms with Crippen LogP contribution in [0, 0.1) is 0 Å². The third-order valence-electron chi connectivity index (χ3n) is 3.00. The first kappa shape index (κ1) is 15.5. The molecule has 20 heavy (non-hydrogen) atoms. The largest absolute Gasteiger partial charge is 0.458 e. The summed E-state index contributed by atoms with van der Waals surface area (Å²) >= 11 is 4.75. The Hall–Kier alpha value is -0.880. The van der Waals surface area contributed by atoms with Gasteiger partial charge in [0.15, 0.2) is 0 Å². The van der Waals surface area contributed by atoms with E-state index in [2.05, 4.69) is 15.9 Å². The summed E-state index contributed by atoms with van der Waals surface area (Å²) < 4.78 is 6.19. The summed E-state index contributed by atoms with van der Waals surface area (Å²) in [5, 5.41) is 1.86. The number of likely N-dealkylation sites (tertiary alicyclic amines) is 1. The molecule has 1 saturated heterocycles. The summed E-state index contributed by atoms with van der Waals surface area (Å²) in [6, 6.07) is 1.38. The highest BCUT2D eigenvalue weighted by molar-refractivity contribution is 9.10. The average Bonchev–Trinajstić information content (AvgIpc) is 2.93. The summed E-state index contributed by atoms with van der Waals surface area (Å²) in [5.74, 6) is -0.406. The summed E-state index contributed by atoms with van der Waals surface area (Å²) in [7, 11) is 0. The van der Waals surface area contributed by atoms with E-state index in [-0.39, 0.29) is 11.9 Å². The van der Waals surface area contributed by atoms with Gasteiger partial charge in [-0.2, -0.15) is 0 Å². The van der Waals surface area contributed by atoms with Gasteiger partial charge in [0, 0.05) is 11.0 Å². The van der Waals surface area contributed by atoms with Crippen LogP contribution < -0.4 is 0 Å². The number of halogens is 1. The molecule has 1 aromatic rings. The van der Waals surface area contributed by atoms with Gasteiger partial charge < -0.3 is 9.64 Å². The van der Waals surface area contributed by atoms with Crippen LogP contribution in [-0.4, -0.2) is 35.0 Å². The minimum atomic E-state index is -0.530. The quantitative estimate of drug-likeness (QED) is 0.759. The first-order valence-corrected chi connectivity index (χ1v) is 8.23. The van der Waals surface area contributed by atoms with Crippen molar-refractivity contribution in [2.45, 2.75) is 45.3 Å². The van der Waals surface area contributed by atoms with Crippen molar-refractivity contribution in [2.75, 3.05) is 6.54 Å². The maximum absolute atomic E-state index is 12.5. The zero-order valence-corrected chi connectivity index (χ0v) is 14.2. The van der Waals surface area contributed by atoms with E-state index in [0.29, 0.717) is 17.8 Å². The van der Waals surface area contributed by atoms with E-state index in [1.54, 1.807) is 4.90 Å². The molecule has 2 rings (SSSR count). The number of esters is 1. The van der Waals surface area contributed by atoms with Crippen LogP contribution in [0.25, 0.3) is 0 Å². The number of ether oxygens (including phenoxy) is 1. The van der Waals surface area contributed by atoms with Crippen LogP contribution >= 0.6 is 27.3 Å². The van der Waals surface area contributed by atoms with Gasteiger partial charge in [0.25, 0.3) is 5.91 Å². The first-order valence-electron chi connectivity index (χ1n) is 6.56. The number of thiophene rings is 1. The maximum Gasteiger partial charge on any atom is 0.329 e. The third-order valence-corrected chi connectivity index (χ3v) is 4.83. The molecule has 0 aromatic carbocycles. The van der Waals surface area contributed by atoms with Gasteiger partial charge in [-0.05, 0) is 61.0 Å². The van der Waals surface area contributed by atoms with Gasteiger partial charge in [0.1, 0.15) is 16.5 Å². The van der Waals surface area contributed by atoms with Crippen molar-refractivity contribution in [2.24, 2.45) is 0 Å². The van der Waals surface area contributed by atoms with E-state index in [1.165, 1.54) is 11.3 Å². The van der Waals surface area contributed by atoms with E-state index < -0.39 is 11.6 Å². The predicted octanol–water partition coefficient (Wildman–Crippen LogP) is 3.46. The Morgan fingerprint density at radius 1 is 1.45 bits per heavy atom. The lowest BCUT2D eigenvalue weighted by Gasteiger charge is -2.27. The van der Waals surface area contributed by atoms with Gasteiger partial charge in [-0.25, -0.2) is 4.79 Å². The normalized spacial score (nSPS) is 19.2. The molecule has 0 N–H and O–H groups in total. The molecule has 0 spiro atoms. The smallest absolute Gasteiger partial charge is 0.329 e. The Bertz CT molecular complexity index is 521. The summed E-state index contributed by atoms with van der Waals surface area (Å²) in [6.07, 6.45) is 1.50. The Morgan fingerprint density at radius 3 is 2.70 bits per heavy atom. The second-order valence-corrected chi connectivity index (χ2v) is 7.56. The number of hydrogen-bond donors (Lipinski definition) is 0. The fourth-order valence-electron chi connectivity index (χ4n) is 2.20. The average molecular weight is 360 g/mol. The molecule has 0 radical (unpaired) electrons. The maximum atomic E-state index is 12.5. The molecule has 4 nitrogen and oxygen atoms in total. The Morgan fingerprint density at radius 2 is 2.15 bits per heavy atom. The second-order valence-electron chi connectivity index (χ2n) is 5.79. The van der Waals surface area contributed by atoms with Gasteiger partial charge in [0.2, 0.25) is 0 Å². The minimum absolute atomic E-state index is 0.0970. The van der Waals surface area contributed by atoms with Crippen LogP contribution in [0.3, 0.4) is 0 Å². The van der Waals surface area contributed by atoms with Crippen LogP contribution in [0.4, 0.5) is 0 Å². The Kier molecular flexibility index (Phi) is 4.54. The predicted molar refractivity (Wildman–Crippen MR) is 81.9 cm³/mol. The Labute approximate surface area is 131 Å². The molecule has 1 fully saturated rings. The zero-order chi connectivity index (χ0) is 14.9. The summed E-state index contributed by atoms with van der Waals surface area (Å²) in [6.45, 7) is 6.11. The molecular formula is C14H18BrNO3S. The van der Waals surface area contributed by atoms with Gasteiger partial charge in [-0.15, -0.1) is 11.3 Å². The lowest BCUT2D eigenvalue weighted by molar-refractivity contribution is -0.159. The number of carbonyl (C=O) groups is 2. The van der Waals surface area contributed by atoms with Crippen LogP contribution in [-0.2, 0) is 9.53 Å². The molecule has 0 bridgehead atoms. The molecule has 0 unspecified atom stereocenters. The number of nitrogens with zero attached hydrogens (tertiary/aromatic N) is 1. The SMILES string of the molecule is CC(C)(C)OC(=O)[C@H]1CCCN1C(=O)c1sccc1Br. The molecule has 0 aliphatic carbocycles. The summed E-state index contributed by atoms with van der Waals surface area (Å²) in [4.78, 5) is 27.0. The van der Waals surface area contributed by atoms with E-state index >= 15 is 0 Å². The monoisotopic (exact) mass is 359 g/mol.